The molecule has 1 atom stereocenters. The number of rotatable bonds is 1. The molecule has 0 amide bonds. The van der Waals surface area contributed by atoms with Gasteiger partial charge < -0.3 is 5.32 Å². The molecule has 2 rings (SSSR count). The molecule has 0 bridgehead atoms. The Bertz CT molecular complexity index is 306. The van der Waals surface area contributed by atoms with Crippen molar-refractivity contribution >= 4 is 11.6 Å². The maximum atomic E-state index is 5.79. The summed E-state index contributed by atoms with van der Waals surface area (Å²) in [6, 6.07) is 2.42. The summed E-state index contributed by atoms with van der Waals surface area (Å²) < 4.78 is 0. The Balaban J connectivity index is 2.29. The fourth-order valence-electron chi connectivity index (χ4n) is 1.85. The second-order valence-electron chi connectivity index (χ2n) is 3.51. The van der Waals surface area contributed by atoms with E-state index in [0.717, 1.165) is 6.54 Å². The minimum atomic E-state index is 0.491. The minimum Gasteiger partial charge on any atom is -0.310 e. The lowest BCUT2D eigenvalue weighted by Gasteiger charge is -2.12. The van der Waals surface area contributed by atoms with Crippen molar-refractivity contribution in [3.63, 3.8) is 0 Å². The van der Waals surface area contributed by atoms with Gasteiger partial charge in [-0.1, -0.05) is 11.6 Å². The first-order chi connectivity index (χ1) is 6.27. The number of pyridine rings is 1. The zero-order valence-corrected chi connectivity index (χ0v) is 8.43. The first kappa shape index (κ1) is 8.97. The van der Waals surface area contributed by atoms with Crippen LogP contribution in [0.15, 0.2) is 12.3 Å². The standard InChI is InChI=1S/C10H13ClN2/c1-7-5-10(11)13-6-8(7)9-3-2-4-12-9/h5-6,9,12H,2-4H2,1H3. The molecule has 2 nitrogen and oxygen atoms in total. The van der Waals surface area contributed by atoms with Gasteiger partial charge in [0.2, 0.25) is 0 Å². The van der Waals surface area contributed by atoms with Crippen molar-refractivity contribution in [2.24, 2.45) is 0 Å². The molecular formula is C10H13ClN2. The number of aryl methyl sites for hydroxylation is 1. The average molecular weight is 197 g/mol. The lowest BCUT2D eigenvalue weighted by Crippen LogP contribution is -2.14. The molecule has 1 aromatic rings. The lowest BCUT2D eigenvalue weighted by atomic mass is 10.0. The van der Waals surface area contributed by atoms with Gasteiger partial charge in [0.1, 0.15) is 5.15 Å². The number of halogens is 1. The van der Waals surface area contributed by atoms with E-state index in [4.69, 9.17) is 11.6 Å². The minimum absolute atomic E-state index is 0.491. The van der Waals surface area contributed by atoms with E-state index in [1.54, 1.807) is 0 Å². The molecule has 0 aromatic carbocycles. The van der Waals surface area contributed by atoms with Gasteiger partial charge in [-0.05, 0) is 43.5 Å². The molecule has 0 spiro atoms. The van der Waals surface area contributed by atoms with Crippen molar-refractivity contribution in [2.45, 2.75) is 25.8 Å². The first-order valence-corrected chi connectivity index (χ1v) is 5.00. The predicted molar refractivity (Wildman–Crippen MR) is 54.0 cm³/mol. The van der Waals surface area contributed by atoms with Crippen molar-refractivity contribution < 1.29 is 0 Å². The maximum absolute atomic E-state index is 5.79. The largest absolute Gasteiger partial charge is 0.310 e. The third-order valence-corrected chi connectivity index (χ3v) is 2.76. The molecule has 70 valence electrons. The second-order valence-corrected chi connectivity index (χ2v) is 3.90. The Morgan fingerprint density at radius 2 is 2.46 bits per heavy atom. The molecule has 1 aliphatic rings. The second kappa shape index (κ2) is 3.64. The van der Waals surface area contributed by atoms with Crippen LogP contribution in [0, 0.1) is 6.92 Å². The molecule has 1 aliphatic heterocycles. The summed E-state index contributed by atoms with van der Waals surface area (Å²) in [6.45, 7) is 3.20. The average Bonchev–Trinajstić information content (AvgIpc) is 2.56. The Morgan fingerprint density at radius 1 is 1.62 bits per heavy atom. The van der Waals surface area contributed by atoms with Crippen LogP contribution in [0.3, 0.4) is 0 Å². The van der Waals surface area contributed by atoms with Crippen LogP contribution in [-0.4, -0.2) is 11.5 Å². The fraction of sp³-hybridized carbons (Fsp3) is 0.500. The van der Waals surface area contributed by atoms with Gasteiger partial charge in [-0.3, -0.25) is 0 Å². The molecule has 1 unspecified atom stereocenters. The summed E-state index contributed by atoms with van der Waals surface area (Å²) in [5.41, 5.74) is 2.53. The van der Waals surface area contributed by atoms with Gasteiger partial charge in [-0.15, -0.1) is 0 Å². The summed E-state index contributed by atoms with van der Waals surface area (Å²) in [7, 11) is 0. The Hall–Kier alpha value is -0.600. The summed E-state index contributed by atoms with van der Waals surface area (Å²) >= 11 is 5.79. The van der Waals surface area contributed by atoms with Gasteiger partial charge in [0, 0.05) is 12.2 Å². The normalized spacial score (nSPS) is 22.2. The molecule has 1 fully saturated rings. The Labute approximate surface area is 83.3 Å². The van der Waals surface area contributed by atoms with Gasteiger partial charge in [-0.2, -0.15) is 0 Å². The van der Waals surface area contributed by atoms with E-state index >= 15 is 0 Å². The molecule has 0 aliphatic carbocycles. The lowest BCUT2D eigenvalue weighted by molar-refractivity contribution is 0.641. The SMILES string of the molecule is Cc1cc(Cl)ncc1C1CCCN1. The van der Waals surface area contributed by atoms with Crippen molar-refractivity contribution in [1.82, 2.24) is 10.3 Å². The number of nitrogens with zero attached hydrogens (tertiary/aromatic N) is 1. The number of hydrogen-bond donors (Lipinski definition) is 1. The van der Waals surface area contributed by atoms with Crippen LogP contribution >= 0.6 is 11.6 Å². The maximum Gasteiger partial charge on any atom is 0.129 e. The summed E-state index contributed by atoms with van der Waals surface area (Å²) in [5.74, 6) is 0. The van der Waals surface area contributed by atoms with Gasteiger partial charge in [0.05, 0.1) is 0 Å². The predicted octanol–water partition coefficient (Wildman–Crippen LogP) is 2.47. The van der Waals surface area contributed by atoms with Crippen molar-refractivity contribution in [2.75, 3.05) is 6.54 Å². The highest BCUT2D eigenvalue weighted by Gasteiger charge is 2.17. The molecule has 0 radical (unpaired) electrons. The number of nitrogens with one attached hydrogen (secondary N) is 1. The van der Waals surface area contributed by atoms with Gasteiger partial charge in [0.25, 0.3) is 0 Å². The Morgan fingerprint density at radius 3 is 3.08 bits per heavy atom. The van der Waals surface area contributed by atoms with Crippen LogP contribution in [0.25, 0.3) is 0 Å². The smallest absolute Gasteiger partial charge is 0.129 e. The van der Waals surface area contributed by atoms with Gasteiger partial charge in [-0.25, -0.2) is 4.98 Å². The highest BCUT2D eigenvalue weighted by molar-refractivity contribution is 6.29. The monoisotopic (exact) mass is 196 g/mol. The van der Waals surface area contributed by atoms with Crippen LogP contribution < -0.4 is 5.32 Å². The third kappa shape index (κ3) is 1.84. The van der Waals surface area contributed by atoms with E-state index in [0.29, 0.717) is 11.2 Å². The molecule has 2 heterocycles. The molecule has 1 aromatic heterocycles. The summed E-state index contributed by atoms with van der Waals surface area (Å²) in [5, 5.41) is 4.03. The van der Waals surface area contributed by atoms with Crippen molar-refractivity contribution in [1.29, 1.82) is 0 Å². The third-order valence-electron chi connectivity index (χ3n) is 2.55. The molecule has 1 N–H and O–H groups in total. The van der Waals surface area contributed by atoms with Crippen LogP contribution in [0.4, 0.5) is 0 Å². The molecule has 13 heavy (non-hydrogen) atoms. The van der Waals surface area contributed by atoms with E-state index in [9.17, 15) is 0 Å². The summed E-state index contributed by atoms with van der Waals surface area (Å²) in [6.07, 6.45) is 4.36. The number of aromatic nitrogens is 1. The van der Waals surface area contributed by atoms with E-state index in [2.05, 4.69) is 17.2 Å². The topological polar surface area (TPSA) is 24.9 Å². The van der Waals surface area contributed by atoms with Crippen LogP contribution in [-0.2, 0) is 0 Å². The van der Waals surface area contributed by atoms with E-state index in [1.807, 2.05) is 12.3 Å². The van der Waals surface area contributed by atoms with Crippen LogP contribution in [0.1, 0.15) is 30.0 Å². The van der Waals surface area contributed by atoms with E-state index in [-0.39, 0.29) is 0 Å². The van der Waals surface area contributed by atoms with Crippen molar-refractivity contribution in [3.8, 4) is 0 Å². The van der Waals surface area contributed by atoms with E-state index in [1.165, 1.54) is 24.0 Å². The van der Waals surface area contributed by atoms with Gasteiger partial charge in [0.15, 0.2) is 0 Å². The molecular weight excluding hydrogens is 184 g/mol. The zero-order valence-electron chi connectivity index (χ0n) is 7.68. The number of hydrogen-bond acceptors (Lipinski definition) is 2. The van der Waals surface area contributed by atoms with Crippen molar-refractivity contribution in [3.05, 3.63) is 28.5 Å². The van der Waals surface area contributed by atoms with Crippen LogP contribution in [0.5, 0.6) is 0 Å². The highest BCUT2D eigenvalue weighted by atomic mass is 35.5. The Kier molecular flexibility index (Phi) is 2.51. The molecule has 0 saturated carbocycles. The fourth-order valence-corrected chi connectivity index (χ4v) is 2.06. The first-order valence-electron chi connectivity index (χ1n) is 4.63. The van der Waals surface area contributed by atoms with Crippen LogP contribution in [0.2, 0.25) is 5.15 Å². The summed E-state index contributed by atoms with van der Waals surface area (Å²) in [4.78, 5) is 4.11. The molecule has 1 saturated heterocycles. The van der Waals surface area contributed by atoms with Gasteiger partial charge >= 0.3 is 0 Å². The molecule has 3 heteroatoms. The highest BCUT2D eigenvalue weighted by Crippen LogP contribution is 2.25. The quantitative estimate of drug-likeness (QED) is 0.699. The van der Waals surface area contributed by atoms with E-state index < -0.39 is 0 Å². The zero-order chi connectivity index (χ0) is 9.26.